The van der Waals surface area contributed by atoms with Crippen molar-refractivity contribution >= 4 is 11.6 Å². The van der Waals surface area contributed by atoms with E-state index in [9.17, 15) is 4.79 Å². The van der Waals surface area contributed by atoms with E-state index < -0.39 is 0 Å². The van der Waals surface area contributed by atoms with Gasteiger partial charge >= 0.3 is 0 Å². The van der Waals surface area contributed by atoms with Gasteiger partial charge in [0.2, 0.25) is 5.91 Å². The molecule has 2 aromatic rings. The summed E-state index contributed by atoms with van der Waals surface area (Å²) in [5, 5.41) is 2.94. The summed E-state index contributed by atoms with van der Waals surface area (Å²) in [6, 6.07) is 11.9. The Kier molecular flexibility index (Phi) is 3.97. The fraction of sp³-hybridized carbons (Fsp3) is 0.294. The van der Waals surface area contributed by atoms with Crippen LogP contribution in [-0.4, -0.2) is 28.4 Å². The second-order valence-corrected chi connectivity index (χ2v) is 5.39. The molecule has 1 N–H and O–H groups in total. The van der Waals surface area contributed by atoms with Crippen LogP contribution in [0.5, 0.6) is 0 Å². The van der Waals surface area contributed by atoms with Crippen molar-refractivity contribution in [2.24, 2.45) is 0 Å². The van der Waals surface area contributed by atoms with Crippen LogP contribution >= 0.6 is 0 Å². The Morgan fingerprint density at radius 3 is 2.67 bits per heavy atom. The van der Waals surface area contributed by atoms with Gasteiger partial charge in [-0.05, 0) is 36.6 Å². The normalized spacial score (nSPS) is 16.0. The molecule has 1 amide bonds. The average molecular weight is 281 g/mol. The molecular formula is C17H19N3O. The maximum absolute atomic E-state index is 12.4. The first-order valence-corrected chi connectivity index (χ1v) is 7.26. The van der Waals surface area contributed by atoms with Gasteiger partial charge in [-0.2, -0.15) is 0 Å². The first-order valence-electron chi connectivity index (χ1n) is 7.26. The number of benzene rings is 1. The summed E-state index contributed by atoms with van der Waals surface area (Å²) in [4.78, 5) is 18.5. The highest BCUT2D eigenvalue weighted by Crippen LogP contribution is 2.20. The first kappa shape index (κ1) is 13.8. The van der Waals surface area contributed by atoms with Gasteiger partial charge in [-0.3, -0.25) is 14.7 Å². The van der Waals surface area contributed by atoms with Gasteiger partial charge in [0.15, 0.2) is 0 Å². The van der Waals surface area contributed by atoms with Gasteiger partial charge in [-0.1, -0.05) is 24.3 Å². The van der Waals surface area contributed by atoms with Gasteiger partial charge < -0.3 is 5.32 Å². The highest BCUT2D eigenvalue weighted by molar-refractivity contribution is 5.94. The van der Waals surface area contributed by atoms with E-state index in [1.807, 2.05) is 6.92 Å². The molecule has 108 valence electrons. The Morgan fingerprint density at radius 2 is 1.90 bits per heavy atom. The summed E-state index contributed by atoms with van der Waals surface area (Å²) in [5.74, 6) is 0.0283. The molecule has 21 heavy (non-hydrogen) atoms. The molecule has 0 bridgehead atoms. The van der Waals surface area contributed by atoms with Crippen LogP contribution < -0.4 is 5.32 Å². The molecule has 0 saturated carbocycles. The van der Waals surface area contributed by atoms with Gasteiger partial charge in [0.1, 0.15) is 0 Å². The quantitative estimate of drug-likeness (QED) is 0.940. The van der Waals surface area contributed by atoms with Crippen LogP contribution in [0.25, 0.3) is 0 Å². The highest BCUT2D eigenvalue weighted by Gasteiger charge is 2.25. The number of pyridine rings is 1. The van der Waals surface area contributed by atoms with Crippen LogP contribution in [0.2, 0.25) is 0 Å². The van der Waals surface area contributed by atoms with Gasteiger partial charge in [-0.25, -0.2) is 0 Å². The van der Waals surface area contributed by atoms with Crippen molar-refractivity contribution in [3.63, 3.8) is 0 Å². The van der Waals surface area contributed by atoms with Crippen LogP contribution in [0, 0.1) is 0 Å². The van der Waals surface area contributed by atoms with Gasteiger partial charge in [-0.15, -0.1) is 0 Å². The van der Waals surface area contributed by atoms with Gasteiger partial charge in [0.05, 0.1) is 6.04 Å². The summed E-state index contributed by atoms with van der Waals surface area (Å²) < 4.78 is 0. The zero-order valence-corrected chi connectivity index (χ0v) is 12.1. The van der Waals surface area contributed by atoms with E-state index in [1.54, 1.807) is 24.5 Å². The van der Waals surface area contributed by atoms with E-state index in [0.717, 1.165) is 25.2 Å². The van der Waals surface area contributed by atoms with Crippen LogP contribution in [0.1, 0.15) is 18.1 Å². The molecule has 1 aliphatic rings. The molecule has 0 spiro atoms. The number of rotatable bonds is 3. The number of anilines is 1. The lowest BCUT2D eigenvalue weighted by atomic mass is 9.99. The van der Waals surface area contributed by atoms with E-state index >= 15 is 0 Å². The van der Waals surface area contributed by atoms with Crippen LogP contribution in [-0.2, 0) is 17.8 Å². The SMILES string of the molecule is CC(C(=O)Nc1ccncc1)N1CCc2ccccc2C1. The number of aromatic nitrogens is 1. The highest BCUT2D eigenvalue weighted by atomic mass is 16.2. The lowest BCUT2D eigenvalue weighted by Crippen LogP contribution is -2.44. The Bertz CT molecular complexity index is 627. The standard InChI is InChI=1S/C17H19N3O/c1-13(17(21)19-16-6-9-18-10-7-16)20-11-8-14-4-2-3-5-15(14)12-20/h2-7,9-10,13H,8,11-12H2,1H3,(H,18,19,21). The fourth-order valence-corrected chi connectivity index (χ4v) is 2.70. The van der Waals surface area contributed by atoms with E-state index in [4.69, 9.17) is 0 Å². The molecule has 0 saturated heterocycles. The Hall–Kier alpha value is -2.20. The lowest BCUT2D eigenvalue weighted by Gasteiger charge is -2.32. The van der Waals surface area contributed by atoms with E-state index in [0.29, 0.717) is 0 Å². The van der Waals surface area contributed by atoms with Crippen molar-refractivity contribution in [1.29, 1.82) is 0 Å². The molecule has 1 aliphatic heterocycles. The zero-order chi connectivity index (χ0) is 14.7. The molecular weight excluding hydrogens is 262 g/mol. The molecule has 0 fully saturated rings. The van der Waals surface area contributed by atoms with Crippen molar-refractivity contribution in [2.75, 3.05) is 11.9 Å². The molecule has 4 heteroatoms. The number of nitrogens with zero attached hydrogens (tertiary/aromatic N) is 2. The van der Waals surface area contributed by atoms with Crippen molar-refractivity contribution in [3.05, 3.63) is 59.9 Å². The van der Waals surface area contributed by atoms with Crippen molar-refractivity contribution in [2.45, 2.75) is 25.9 Å². The third-order valence-electron chi connectivity index (χ3n) is 4.04. The van der Waals surface area contributed by atoms with E-state index in [-0.39, 0.29) is 11.9 Å². The summed E-state index contributed by atoms with van der Waals surface area (Å²) >= 11 is 0. The molecule has 4 nitrogen and oxygen atoms in total. The third kappa shape index (κ3) is 3.11. The molecule has 0 aliphatic carbocycles. The summed E-state index contributed by atoms with van der Waals surface area (Å²) in [5.41, 5.74) is 3.52. The Balaban J connectivity index is 1.66. The van der Waals surface area contributed by atoms with E-state index in [2.05, 4.69) is 39.5 Å². The van der Waals surface area contributed by atoms with E-state index in [1.165, 1.54) is 11.1 Å². The average Bonchev–Trinajstić information content (AvgIpc) is 2.54. The second-order valence-electron chi connectivity index (χ2n) is 5.39. The first-order chi connectivity index (χ1) is 10.2. The minimum atomic E-state index is -0.147. The fourth-order valence-electron chi connectivity index (χ4n) is 2.70. The van der Waals surface area contributed by atoms with Crippen molar-refractivity contribution < 1.29 is 4.79 Å². The molecule has 1 aromatic carbocycles. The third-order valence-corrected chi connectivity index (χ3v) is 4.04. The molecule has 0 radical (unpaired) electrons. The number of amides is 1. The zero-order valence-electron chi connectivity index (χ0n) is 12.1. The molecule has 1 unspecified atom stereocenters. The van der Waals surface area contributed by atoms with Crippen molar-refractivity contribution in [3.8, 4) is 0 Å². The maximum Gasteiger partial charge on any atom is 0.241 e. The predicted octanol–water partition coefficient (Wildman–Crippen LogP) is 2.47. The largest absolute Gasteiger partial charge is 0.325 e. The molecule has 3 rings (SSSR count). The summed E-state index contributed by atoms with van der Waals surface area (Å²) in [7, 11) is 0. The molecule has 2 heterocycles. The summed E-state index contributed by atoms with van der Waals surface area (Å²) in [6.45, 7) is 3.72. The number of nitrogens with one attached hydrogen (secondary N) is 1. The van der Waals surface area contributed by atoms with Gasteiger partial charge in [0, 0.05) is 31.2 Å². The monoisotopic (exact) mass is 281 g/mol. The van der Waals surface area contributed by atoms with Crippen LogP contribution in [0.15, 0.2) is 48.8 Å². The predicted molar refractivity (Wildman–Crippen MR) is 82.9 cm³/mol. The number of carbonyl (C=O) groups is 1. The minimum absolute atomic E-state index is 0.0283. The lowest BCUT2D eigenvalue weighted by molar-refractivity contribution is -0.121. The summed E-state index contributed by atoms with van der Waals surface area (Å²) in [6.07, 6.45) is 4.36. The molecule has 1 aromatic heterocycles. The maximum atomic E-state index is 12.4. The number of fused-ring (bicyclic) bond motifs is 1. The van der Waals surface area contributed by atoms with Gasteiger partial charge in [0.25, 0.3) is 0 Å². The van der Waals surface area contributed by atoms with Crippen LogP contribution in [0.3, 0.4) is 0 Å². The van der Waals surface area contributed by atoms with Crippen molar-refractivity contribution in [1.82, 2.24) is 9.88 Å². The number of hydrogen-bond donors (Lipinski definition) is 1. The topological polar surface area (TPSA) is 45.2 Å². The smallest absolute Gasteiger partial charge is 0.241 e. The minimum Gasteiger partial charge on any atom is -0.325 e. The number of hydrogen-bond acceptors (Lipinski definition) is 3. The van der Waals surface area contributed by atoms with Crippen LogP contribution in [0.4, 0.5) is 5.69 Å². The second kappa shape index (κ2) is 6.06. The Labute approximate surface area is 124 Å². The number of carbonyl (C=O) groups excluding carboxylic acids is 1. The Morgan fingerprint density at radius 1 is 1.19 bits per heavy atom. The molecule has 1 atom stereocenters.